The maximum Gasteiger partial charge on any atom is 0.161 e. The quantitative estimate of drug-likeness (QED) is 0.0759. The molecule has 46 heavy (non-hydrogen) atoms. The normalized spacial score (nSPS) is 35.3. The van der Waals surface area contributed by atoms with Crippen LogP contribution in [-0.2, 0) is 9.53 Å². The fourth-order valence-electron chi connectivity index (χ4n) is 7.32. The van der Waals surface area contributed by atoms with E-state index in [4.69, 9.17) is 11.2 Å². The summed E-state index contributed by atoms with van der Waals surface area (Å²) in [6, 6.07) is 0. The average Bonchev–Trinajstić information content (AvgIpc) is 3.54. The third-order valence-electron chi connectivity index (χ3n) is 9.91. The first kappa shape index (κ1) is 37.2. The van der Waals surface area contributed by atoms with E-state index in [1.54, 1.807) is 6.92 Å². The van der Waals surface area contributed by atoms with Gasteiger partial charge in [0.05, 0.1) is 28.8 Å². The molecular formula is C41H54O5. The van der Waals surface area contributed by atoms with Gasteiger partial charge < -0.3 is 20.1 Å². The molecule has 0 bridgehead atoms. The molecule has 5 heteroatoms. The minimum Gasteiger partial charge on any atom is -0.393 e. The summed E-state index contributed by atoms with van der Waals surface area (Å²) in [5.74, 6) is 2.83. The molecule has 0 spiro atoms. The predicted octanol–water partition coefficient (Wildman–Crippen LogP) is 7.73. The number of aliphatic hydroxyl groups is 3. The number of hydrogen-bond donors (Lipinski definition) is 3. The van der Waals surface area contributed by atoms with Crippen molar-refractivity contribution in [3.63, 3.8) is 0 Å². The highest BCUT2D eigenvalue weighted by atomic mass is 16.6. The number of hydrogen-bond acceptors (Lipinski definition) is 5. The Balaban J connectivity index is 1.55. The van der Waals surface area contributed by atoms with E-state index in [1.165, 1.54) is 0 Å². The zero-order valence-electron chi connectivity index (χ0n) is 29.3. The average molecular weight is 627 g/mol. The zero-order valence-corrected chi connectivity index (χ0v) is 29.3. The summed E-state index contributed by atoms with van der Waals surface area (Å²) < 4.78 is 6.18. The van der Waals surface area contributed by atoms with Gasteiger partial charge in [-0.1, -0.05) is 91.7 Å². The number of epoxide rings is 1. The molecule has 248 valence electrons. The van der Waals surface area contributed by atoms with Crippen molar-refractivity contribution < 1.29 is 24.9 Å². The van der Waals surface area contributed by atoms with Crippen LogP contribution in [0.15, 0.2) is 100 Å². The molecule has 0 radical (unpaired) electrons. The van der Waals surface area contributed by atoms with Crippen LogP contribution in [0.4, 0.5) is 0 Å². The van der Waals surface area contributed by atoms with Gasteiger partial charge >= 0.3 is 0 Å². The van der Waals surface area contributed by atoms with Crippen LogP contribution >= 0.6 is 0 Å². The topological polar surface area (TPSA) is 90.3 Å². The maximum atomic E-state index is 13.1. The number of aliphatic hydroxyl groups excluding tert-OH is 2. The minimum absolute atomic E-state index is 0.0797. The molecule has 0 aromatic carbocycles. The van der Waals surface area contributed by atoms with Gasteiger partial charge in [0.2, 0.25) is 0 Å². The molecule has 0 amide bonds. The molecule has 2 saturated carbocycles. The van der Waals surface area contributed by atoms with Gasteiger partial charge in [0.25, 0.3) is 0 Å². The fourth-order valence-corrected chi connectivity index (χ4v) is 7.32. The first-order chi connectivity index (χ1) is 21.3. The van der Waals surface area contributed by atoms with Gasteiger partial charge in [-0.15, -0.1) is 12.2 Å². The summed E-state index contributed by atoms with van der Waals surface area (Å²) in [7, 11) is 0. The Morgan fingerprint density at radius 2 is 1.37 bits per heavy atom. The van der Waals surface area contributed by atoms with E-state index < -0.39 is 28.3 Å². The molecule has 2 aliphatic carbocycles. The Morgan fingerprint density at radius 1 is 0.826 bits per heavy atom. The van der Waals surface area contributed by atoms with Crippen LogP contribution in [0.2, 0.25) is 0 Å². The van der Waals surface area contributed by atoms with Crippen molar-refractivity contribution in [1.82, 2.24) is 0 Å². The molecule has 1 heterocycles. The number of rotatable bonds is 10. The molecule has 6 unspecified atom stereocenters. The second kappa shape index (κ2) is 14.3. The number of fused-ring (bicyclic) bond motifs is 1. The van der Waals surface area contributed by atoms with Crippen LogP contribution in [0.25, 0.3) is 0 Å². The van der Waals surface area contributed by atoms with Gasteiger partial charge in [-0.05, 0) is 83.9 Å². The van der Waals surface area contributed by atoms with Gasteiger partial charge in [0, 0.05) is 24.8 Å². The van der Waals surface area contributed by atoms with E-state index in [1.807, 2.05) is 108 Å². The summed E-state index contributed by atoms with van der Waals surface area (Å²) in [4.78, 5) is 13.1. The Kier molecular flexibility index (Phi) is 11.5. The molecular weight excluding hydrogens is 572 g/mol. The first-order valence-corrected chi connectivity index (χ1v) is 16.3. The van der Waals surface area contributed by atoms with Crippen molar-refractivity contribution in [2.45, 2.75) is 123 Å². The van der Waals surface area contributed by atoms with E-state index in [-0.39, 0.29) is 23.7 Å². The van der Waals surface area contributed by atoms with Crippen LogP contribution in [0.1, 0.15) is 94.4 Å². The van der Waals surface area contributed by atoms with Gasteiger partial charge in [0.1, 0.15) is 5.60 Å². The highest BCUT2D eigenvalue weighted by Gasteiger charge is 2.76. The molecule has 3 aliphatic rings. The van der Waals surface area contributed by atoms with E-state index in [9.17, 15) is 20.1 Å². The third kappa shape index (κ3) is 8.56. The standard InChI is InChI=1S/C41H54O5/c1-11-38(8)25-34(43)26-39(9,45)36(38)23-22-31(4)19-14-18-29(2)16-12-13-17-30(3)20-15-21-32(5)35(44)28-41-37(6,7)24-33(42)27-40(41,10)46-41/h1,12-22,33-34,42-43,45H,24-28H2,2-10H3. The Bertz CT molecular complexity index is 1510. The lowest BCUT2D eigenvalue weighted by atomic mass is 9.61. The largest absolute Gasteiger partial charge is 0.393 e. The summed E-state index contributed by atoms with van der Waals surface area (Å²) >= 11 is 0. The molecule has 6 atom stereocenters. The van der Waals surface area contributed by atoms with Crippen molar-refractivity contribution in [2.24, 2.45) is 10.8 Å². The van der Waals surface area contributed by atoms with E-state index in [2.05, 4.69) is 25.5 Å². The molecule has 3 N–H and O–H groups in total. The van der Waals surface area contributed by atoms with Crippen LogP contribution in [0.5, 0.6) is 0 Å². The predicted molar refractivity (Wildman–Crippen MR) is 188 cm³/mol. The number of carbonyl (C=O) groups excluding carboxylic acids is 1. The SMILES string of the molecule is C#CC1(C)CC(O)CC(C)(O)C1=C=CC(C)=CC=CC(C)=CC=CC=C(C)C=CC=C(C)C(=O)CC12OC1(C)CC(O)CC2(C)C. The van der Waals surface area contributed by atoms with Gasteiger partial charge in [-0.25, -0.2) is 0 Å². The van der Waals surface area contributed by atoms with Crippen molar-refractivity contribution in [3.05, 3.63) is 100 Å². The Morgan fingerprint density at radius 3 is 1.93 bits per heavy atom. The number of ketones is 1. The van der Waals surface area contributed by atoms with Crippen LogP contribution in [-0.4, -0.2) is 50.1 Å². The molecule has 5 nitrogen and oxygen atoms in total. The van der Waals surface area contributed by atoms with Gasteiger partial charge in [-0.3, -0.25) is 4.79 Å². The monoisotopic (exact) mass is 626 g/mol. The maximum absolute atomic E-state index is 13.1. The molecule has 1 saturated heterocycles. The fraction of sp³-hybridized carbons (Fsp3) is 0.512. The van der Waals surface area contributed by atoms with E-state index >= 15 is 0 Å². The van der Waals surface area contributed by atoms with Crippen molar-refractivity contribution in [2.75, 3.05) is 0 Å². The number of allylic oxidation sites excluding steroid dienone is 14. The minimum atomic E-state index is -1.21. The van der Waals surface area contributed by atoms with Crippen LogP contribution in [0.3, 0.4) is 0 Å². The lowest BCUT2D eigenvalue weighted by Gasteiger charge is -2.42. The Labute approximate surface area is 277 Å². The van der Waals surface area contributed by atoms with Crippen LogP contribution < -0.4 is 0 Å². The number of terminal acetylenes is 1. The molecule has 3 fully saturated rings. The molecule has 0 aromatic rings. The zero-order chi connectivity index (χ0) is 34.6. The lowest BCUT2D eigenvalue weighted by Crippen LogP contribution is -2.48. The highest BCUT2D eigenvalue weighted by molar-refractivity contribution is 5.96. The summed E-state index contributed by atoms with van der Waals surface area (Å²) in [5, 5.41) is 31.3. The van der Waals surface area contributed by atoms with Gasteiger partial charge in [-0.2, -0.15) is 0 Å². The summed E-state index contributed by atoms with van der Waals surface area (Å²) in [6.45, 7) is 17.6. The molecule has 0 aromatic heterocycles. The van der Waals surface area contributed by atoms with Crippen molar-refractivity contribution in [3.8, 4) is 12.3 Å². The smallest absolute Gasteiger partial charge is 0.161 e. The summed E-state index contributed by atoms with van der Waals surface area (Å²) in [5.41, 5.74) is 4.50. The van der Waals surface area contributed by atoms with E-state index in [0.717, 1.165) is 16.7 Å². The number of Topliss-reactive ketones (excluding diaryl/α,β-unsaturated/α-hetero) is 1. The molecule has 3 rings (SSSR count). The second-order valence-electron chi connectivity index (χ2n) is 14.9. The lowest BCUT2D eigenvalue weighted by molar-refractivity contribution is -0.118. The van der Waals surface area contributed by atoms with Crippen molar-refractivity contribution >= 4 is 5.78 Å². The number of ether oxygens (including phenoxy) is 1. The number of carbonyl (C=O) groups is 1. The van der Waals surface area contributed by atoms with Crippen molar-refractivity contribution in [1.29, 1.82) is 0 Å². The van der Waals surface area contributed by atoms with Crippen LogP contribution in [0, 0.1) is 23.2 Å². The Hall–Kier alpha value is -3.23. The van der Waals surface area contributed by atoms with E-state index in [0.29, 0.717) is 36.8 Å². The van der Waals surface area contributed by atoms with Gasteiger partial charge in [0.15, 0.2) is 5.78 Å². The molecule has 1 aliphatic heterocycles. The second-order valence-corrected chi connectivity index (χ2v) is 14.9. The highest BCUT2D eigenvalue weighted by Crippen LogP contribution is 2.67. The summed E-state index contributed by atoms with van der Waals surface area (Å²) in [6.07, 6.45) is 28.5. The third-order valence-corrected chi connectivity index (χ3v) is 9.91. The first-order valence-electron chi connectivity index (χ1n) is 16.3.